The van der Waals surface area contributed by atoms with Gasteiger partial charge in [0.15, 0.2) is 0 Å². The van der Waals surface area contributed by atoms with E-state index in [1.807, 2.05) is 18.2 Å². The van der Waals surface area contributed by atoms with E-state index < -0.39 is 17.4 Å². The molecule has 0 aliphatic carbocycles. The van der Waals surface area contributed by atoms with Crippen LogP contribution in [0.2, 0.25) is 0 Å². The number of ether oxygens (including phenoxy) is 1. The highest BCUT2D eigenvalue weighted by Gasteiger charge is 2.35. The molecule has 0 fully saturated rings. The van der Waals surface area contributed by atoms with Crippen LogP contribution in [0.25, 0.3) is 44.4 Å². The van der Waals surface area contributed by atoms with Crippen molar-refractivity contribution in [3.63, 3.8) is 0 Å². The van der Waals surface area contributed by atoms with E-state index in [2.05, 4.69) is 15.1 Å². The van der Waals surface area contributed by atoms with Gasteiger partial charge in [0.1, 0.15) is 5.75 Å². The molecule has 190 valence electrons. The van der Waals surface area contributed by atoms with Gasteiger partial charge in [0, 0.05) is 36.6 Å². The molecule has 0 N–H and O–H groups in total. The molecule has 0 aliphatic rings. The smallest absolute Gasteiger partial charge is 0.418 e. The average Bonchev–Trinajstić information content (AvgIpc) is 3.55. The lowest BCUT2D eigenvalue weighted by Crippen LogP contribution is -2.21. The lowest BCUT2D eigenvalue weighted by atomic mass is 10.0. The van der Waals surface area contributed by atoms with Gasteiger partial charge in [-0.2, -0.15) is 18.3 Å². The number of pyridine rings is 2. The quantitative estimate of drug-likeness (QED) is 0.324. The Hall–Kier alpha value is -4.93. The van der Waals surface area contributed by atoms with Crippen LogP contribution in [0.4, 0.5) is 13.2 Å². The van der Waals surface area contributed by atoms with Crippen LogP contribution in [0.3, 0.4) is 0 Å². The fraction of sp³-hybridized carbons (Fsp3) is 0.111. The second-order valence-corrected chi connectivity index (χ2v) is 8.66. The van der Waals surface area contributed by atoms with Crippen LogP contribution in [-0.4, -0.2) is 36.0 Å². The summed E-state index contributed by atoms with van der Waals surface area (Å²) in [5.41, 5.74) is 1.59. The molecular formula is C27H19F3N6O2. The Kier molecular flexibility index (Phi) is 5.30. The van der Waals surface area contributed by atoms with E-state index >= 15 is 0 Å². The van der Waals surface area contributed by atoms with Crippen molar-refractivity contribution in [2.75, 3.05) is 7.11 Å². The second-order valence-electron chi connectivity index (χ2n) is 8.66. The largest absolute Gasteiger partial charge is 0.495 e. The molecule has 4 aromatic heterocycles. The number of halogens is 3. The maximum atomic E-state index is 14.2. The molecule has 0 bridgehead atoms. The molecule has 6 rings (SSSR count). The van der Waals surface area contributed by atoms with Gasteiger partial charge in [-0.15, -0.1) is 0 Å². The molecule has 0 saturated heterocycles. The maximum absolute atomic E-state index is 14.2. The standard InChI is InChI=1S/C27H19F3N6O2/c1-34-24-15-32-22-6-4-16(17-10-19(38-2)14-31-13-17)11-20(22)25(24)36(26(34)37)18-5-7-23(35-9-3-8-33-35)21(12-18)27(28,29)30/h3-15H,1-2H3. The predicted molar refractivity (Wildman–Crippen MR) is 136 cm³/mol. The zero-order valence-electron chi connectivity index (χ0n) is 20.1. The van der Waals surface area contributed by atoms with Crippen molar-refractivity contribution in [3.05, 3.63) is 95.6 Å². The Bertz CT molecular complexity index is 1890. The van der Waals surface area contributed by atoms with Gasteiger partial charge >= 0.3 is 11.9 Å². The highest BCUT2D eigenvalue weighted by molar-refractivity contribution is 6.04. The number of hydrogen-bond acceptors (Lipinski definition) is 5. The molecule has 0 saturated carbocycles. The van der Waals surface area contributed by atoms with Crippen molar-refractivity contribution < 1.29 is 17.9 Å². The number of nitrogens with zero attached hydrogens (tertiary/aromatic N) is 6. The third-order valence-corrected chi connectivity index (χ3v) is 6.46. The lowest BCUT2D eigenvalue weighted by molar-refractivity contribution is -0.137. The number of aryl methyl sites for hydroxylation is 1. The van der Waals surface area contributed by atoms with E-state index in [1.54, 1.807) is 38.8 Å². The summed E-state index contributed by atoms with van der Waals surface area (Å²) in [4.78, 5) is 22.1. The van der Waals surface area contributed by atoms with Gasteiger partial charge in [0.05, 0.1) is 53.0 Å². The first-order valence-electron chi connectivity index (χ1n) is 11.5. The molecule has 4 heterocycles. The molecule has 0 amide bonds. The van der Waals surface area contributed by atoms with Crippen molar-refractivity contribution in [1.82, 2.24) is 28.9 Å². The Morgan fingerprint density at radius 2 is 1.82 bits per heavy atom. The second kappa shape index (κ2) is 8.58. The fourth-order valence-electron chi connectivity index (χ4n) is 4.61. The lowest BCUT2D eigenvalue weighted by Gasteiger charge is -2.15. The molecule has 0 aliphatic heterocycles. The van der Waals surface area contributed by atoms with E-state index in [0.29, 0.717) is 27.7 Å². The molecular weight excluding hydrogens is 497 g/mol. The molecule has 38 heavy (non-hydrogen) atoms. The monoisotopic (exact) mass is 516 g/mol. The van der Waals surface area contributed by atoms with Gasteiger partial charge in [-0.1, -0.05) is 6.07 Å². The minimum absolute atomic E-state index is 0.0739. The fourth-order valence-corrected chi connectivity index (χ4v) is 4.61. The predicted octanol–water partition coefficient (Wildman–Crippen LogP) is 5.15. The summed E-state index contributed by atoms with van der Waals surface area (Å²) in [6.07, 6.45) is 2.97. The van der Waals surface area contributed by atoms with Crippen LogP contribution in [0.1, 0.15) is 5.56 Å². The van der Waals surface area contributed by atoms with Crippen molar-refractivity contribution in [2.45, 2.75) is 6.18 Å². The third-order valence-electron chi connectivity index (χ3n) is 6.46. The van der Waals surface area contributed by atoms with Gasteiger partial charge in [-0.3, -0.25) is 19.1 Å². The summed E-state index contributed by atoms with van der Waals surface area (Å²) in [6.45, 7) is 0. The Labute approximate surface area is 213 Å². The number of rotatable bonds is 4. The first-order chi connectivity index (χ1) is 18.3. The topological polar surface area (TPSA) is 79.8 Å². The zero-order chi connectivity index (χ0) is 26.6. The minimum Gasteiger partial charge on any atom is -0.495 e. The van der Waals surface area contributed by atoms with Gasteiger partial charge in [0.25, 0.3) is 0 Å². The van der Waals surface area contributed by atoms with Crippen molar-refractivity contribution in [1.29, 1.82) is 0 Å². The van der Waals surface area contributed by atoms with Crippen molar-refractivity contribution in [3.8, 4) is 28.3 Å². The van der Waals surface area contributed by atoms with E-state index in [4.69, 9.17) is 4.74 Å². The number of fused-ring (bicyclic) bond motifs is 3. The summed E-state index contributed by atoms with van der Waals surface area (Å²) < 4.78 is 51.5. The Morgan fingerprint density at radius 1 is 0.974 bits per heavy atom. The number of benzene rings is 2. The van der Waals surface area contributed by atoms with E-state index in [0.717, 1.165) is 21.9 Å². The van der Waals surface area contributed by atoms with Gasteiger partial charge in [-0.25, -0.2) is 9.48 Å². The van der Waals surface area contributed by atoms with Gasteiger partial charge in [-0.05, 0) is 48.0 Å². The van der Waals surface area contributed by atoms with Crippen molar-refractivity contribution >= 4 is 21.9 Å². The van der Waals surface area contributed by atoms with Crippen LogP contribution < -0.4 is 10.4 Å². The van der Waals surface area contributed by atoms with Crippen LogP contribution in [0.5, 0.6) is 5.75 Å². The maximum Gasteiger partial charge on any atom is 0.418 e. The average molecular weight is 516 g/mol. The minimum atomic E-state index is -4.68. The van der Waals surface area contributed by atoms with Gasteiger partial charge in [0.2, 0.25) is 0 Å². The van der Waals surface area contributed by atoms with E-state index in [9.17, 15) is 18.0 Å². The molecule has 0 spiro atoms. The molecule has 0 radical (unpaired) electrons. The highest BCUT2D eigenvalue weighted by Crippen LogP contribution is 2.36. The molecule has 0 atom stereocenters. The summed E-state index contributed by atoms with van der Waals surface area (Å²) >= 11 is 0. The van der Waals surface area contributed by atoms with E-state index in [1.165, 1.54) is 39.7 Å². The number of methoxy groups -OCH3 is 1. The number of aromatic nitrogens is 6. The summed E-state index contributed by atoms with van der Waals surface area (Å²) in [5.74, 6) is 0.576. The molecule has 8 nitrogen and oxygen atoms in total. The van der Waals surface area contributed by atoms with E-state index in [-0.39, 0.29) is 11.4 Å². The van der Waals surface area contributed by atoms with Crippen LogP contribution >= 0.6 is 0 Å². The molecule has 11 heteroatoms. The van der Waals surface area contributed by atoms with Crippen LogP contribution in [-0.2, 0) is 13.2 Å². The third kappa shape index (κ3) is 3.71. The molecule has 6 aromatic rings. The summed E-state index contributed by atoms with van der Waals surface area (Å²) in [5, 5.41) is 4.55. The number of imidazole rings is 1. The zero-order valence-corrected chi connectivity index (χ0v) is 20.1. The van der Waals surface area contributed by atoms with Crippen LogP contribution in [0, 0.1) is 0 Å². The first-order valence-corrected chi connectivity index (χ1v) is 11.5. The van der Waals surface area contributed by atoms with Crippen LogP contribution in [0.15, 0.2) is 84.3 Å². The highest BCUT2D eigenvalue weighted by atomic mass is 19.4. The number of hydrogen-bond donors (Lipinski definition) is 0. The summed E-state index contributed by atoms with van der Waals surface area (Å²) in [6, 6.07) is 12.6. The van der Waals surface area contributed by atoms with Gasteiger partial charge < -0.3 is 4.74 Å². The Morgan fingerprint density at radius 3 is 2.55 bits per heavy atom. The summed E-state index contributed by atoms with van der Waals surface area (Å²) in [7, 11) is 3.11. The normalized spacial score (nSPS) is 11.9. The molecule has 2 aromatic carbocycles. The Balaban J connectivity index is 1.64. The SMILES string of the molecule is COc1cncc(-c2ccc3ncc4c(c3c2)n(-c2ccc(-n3cccn3)c(C(F)(F)F)c2)c(=O)n4C)c1. The molecule has 0 unspecified atom stereocenters. The first kappa shape index (κ1) is 23.5. The van der Waals surface area contributed by atoms with Crippen molar-refractivity contribution in [2.24, 2.45) is 7.05 Å². The number of alkyl halides is 3.